The van der Waals surface area contributed by atoms with Crippen molar-refractivity contribution in [1.82, 2.24) is 19.9 Å². The van der Waals surface area contributed by atoms with Crippen molar-refractivity contribution in [3.05, 3.63) is 121 Å². The first-order valence-corrected chi connectivity index (χ1v) is 16.5. The molecule has 42 heavy (non-hydrogen) atoms. The van der Waals surface area contributed by atoms with Crippen molar-refractivity contribution in [3.8, 4) is 45.0 Å². The van der Waals surface area contributed by atoms with E-state index in [0.717, 1.165) is 66.8 Å². The van der Waals surface area contributed by atoms with Gasteiger partial charge in [-0.3, -0.25) is 0 Å². The van der Waals surface area contributed by atoms with Gasteiger partial charge in [-0.05, 0) is 12.8 Å². The SMILES string of the molecule is c1ccc(-c2nc(SCCCCCCSc3nc(-c4ccccc4)c(-c4ccccc4)[nH]3)[nH]c2-c2ccccc2)cc1. The van der Waals surface area contributed by atoms with Crippen LogP contribution in [0.4, 0.5) is 0 Å². The minimum atomic E-state index is 0.990. The summed E-state index contributed by atoms with van der Waals surface area (Å²) in [6.07, 6.45) is 4.78. The maximum Gasteiger partial charge on any atom is 0.166 e. The van der Waals surface area contributed by atoms with E-state index in [1.165, 1.54) is 25.7 Å². The maximum absolute atomic E-state index is 4.98. The highest BCUT2D eigenvalue weighted by molar-refractivity contribution is 7.99. The van der Waals surface area contributed by atoms with Gasteiger partial charge in [-0.2, -0.15) is 0 Å². The largest absolute Gasteiger partial charge is 0.332 e. The van der Waals surface area contributed by atoms with Crippen LogP contribution in [0.2, 0.25) is 0 Å². The van der Waals surface area contributed by atoms with Gasteiger partial charge in [-0.25, -0.2) is 9.97 Å². The molecular weight excluding hydrogens is 553 g/mol. The third-order valence-corrected chi connectivity index (χ3v) is 9.02. The topological polar surface area (TPSA) is 57.4 Å². The zero-order valence-corrected chi connectivity index (χ0v) is 25.1. The number of unbranched alkanes of at least 4 members (excludes halogenated alkanes) is 3. The van der Waals surface area contributed by atoms with Gasteiger partial charge in [0.1, 0.15) is 0 Å². The van der Waals surface area contributed by atoms with Crippen molar-refractivity contribution in [3.63, 3.8) is 0 Å². The Kier molecular flexibility index (Phi) is 9.55. The molecule has 0 saturated heterocycles. The number of nitrogens with zero attached hydrogens (tertiary/aromatic N) is 2. The molecule has 0 bridgehead atoms. The fourth-order valence-corrected chi connectivity index (χ4v) is 6.72. The summed E-state index contributed by atoms with van der Waals surface area (Å²) < 4.78 is 0. The van der Waals surface area contributed by atoms with Gasteiger partial charge in [0.2, 0.25) is 0 Å². The summed E-state index contributed by atoms with van der Waals surface area (Å²) in [5, 5.41) is 1.98. The predicted octanol–water partition coefficient (Wildman–Crippen LogP) is 10.2. The van der Waals surface area contributed by atoms with Crippen molar-refractivity contribution in [2.24, 2.45) is 0 Å². The normalized spacial score (nSPS) is 11.1. The molecule has 0 unspecified atom stereocenters. The molecule has 2 aromatic heterocycles. The number of imidazole rings is 2. The lowest BCUT2D eigenvalue weighted by atomic mass is 10.1. The van der Waals surface area contributed by atoms with Crippen molar-refractivity contribution in [1.29, 1.82) is 0 Å². The molecule has 0 aliphatic rings. The Balaban J connectivity index is 0.990. The number of H-pyrrole nitrogens is 2. The fraction of sp³-hybridized carbons (Fsp3) is 0.167. The Hall–Kier alpha value is -4.00. The lowest BCUT2D eigenvalue weighted by Gasteiger charge is -2.02. The van der Waals surface area contributed by atoms with E-state index in [1.54, 1.807) is 0 Å². The van der Waals surface area contributed by atoms with Gasteiger partial charge in [0.25, 0.3) is 0 Å². The van der Waals surface area contributed by atoms with Gasteiger partial charge in [0.05, 0.1) is 22.8 Å². The van der Waals surface area contributed by atoms with Gasteiger partial charge in [-0.15, -0.1) is 0 Å². The van der Waals surface area contributed by atoms with Crippen LogP contribution in [0.1, 0.15) is 25.7 Å². The molecule has 0 spiro atoms. The van der Waals surface area contributed by atoms with Crippen LogP contribution in [0.25, 0.3) is 45.0 Å². The molecule has 0 saturated carbocycles. The van der Waals surface area contributed by atoms with Crippen molar-refractivity contribution in [2.75, 3.05) is 11.5 Å². The summed E-state index contributed by atoms with van der Waals surface area (Å²) in [4.78, 5) is 17.2. The molecule has 0 aliphatic carbocycles. The molecule has 0 radical (unpaired) electrons. The van der Waals surface area contributed by atoms with Crippen molar-refractivity contribution < 1.29 is 0 Å². The summed E-state index contributed by atoms with van der Waals surface area (Å²) in [7, 11) is 0. The van der Waals surface area contributed by atoms with Crippen LogP contribution in [0, 0.1) is 0 Å². The highest BCUT2D eigenvalue weighted by Gasteiger charge is 2.15. The quantitative estimate of drug-likeness (QED) is 0.104. The number of benzene rings is 4. The predicted molar refractivity (Wildman–Crippen MR) is 179 cm³/mol. The van der Waals surface area contributed by atoms with Crippen LogP contribution < -0.4 is 0 Å². The third-order valence-electron chi connectivity index (χ3n) is 7.10. The summed E-state index contributed by atoms with van der Waals surface area (Å²) in [5.74, 6) is 2.12. The summed E-state index contributed by atoms with van der Waals surface area (Å²) in [6.45, 7) is 0. The Labute approximate surface area is 256 Å². The number of aromatic nitrogens is 4. The third kappa shape index (κ3) is 7.07. The molecule has 2 N–H and O–H groups in total. The smallest absolute Gasteiger partial charge is 0.166 e. The number of thioether (sulfide) groups is 2. The van der Waals surface area contributed by atoms with E-state index in [9.17, 15) is 0 Å². The van der Waals surface area contributed by atoms with E-state index in [0.29, 0.717) is 0 Å². The first-order chi connectivity index (χ1) is 20.8. The minimum Gasteiger partial charge on any atom is -0.332 e. The maximum atomic E-state index is 4.98. The number of aromatic amines is 2. The molecule has 6 rings (SSSR count). The van der Waals surface area contributed by atoms with E-state index < -0.39 is 0 Å². The van der Waals surface area contributed by atoms with Crippen LogP contribution in [0.3, 0.4) is 0 Å². The Morgan fingerprint density at radius 1 is 0.405 bits per heavy atom. The lowest BCUT2D eigenvalue weighted by Crippen LogP contribution is -1.86. The van der Waals surface area contributed by atoms with E-state index >= 15 is 0 Å². The van der Waals surface area contributed by atoms with Crippen LogP contribution >= 0.6 is 23.5 Å². The molecule has 0 fully saturated rings. The monoisotopic (exact) mass is 586 g/mol. The zero-order valence-electron chi connectivity index (χ0n) is 23.5. The first-order valence-electron chi connectivity index (χ1n) is 14.5. The molecule has 0 atom stereocenters. The number of hydrogen-bond donors (Lipinski definition) is 2. The van der Waals surface area contributed by atoms with E-state index in [4.69, 9.17) is 9.97 Å². The van der Waals surface area contributed by atoms with Crippen molar-refractivity contribution >= 4 is 23.5 Å². The van der Waals surface area contributed by atoms with Gasteiger partial charge < -0.3 is 9.97 Å². The second-order valence-electron chi connectivity index (χ2n) is 10.1. The molecule has 4 aromatic carbocycles. The highest BCUT2D eigenvalue weighted by Crippen LogP contribution is 2.34. The molecule has 6 heteroatoms. The second kappa shape index (κ2) is 14.3. The average Bonchev–Trinajstić information content (AvgIpc) is 3.69. The van der Waals surface area contributed by atoms with Crippen molar-refractivity contribution in [2.45, 2.75) is 36.0 Å². The zero-order chi connectivity index (χ0) is 28.4. The molecular formula is C36H34N4S2. The van der Waals surface area contributed by atoms with Crippen LogP contribution in [0.5, 0.6) is 0 Å². The number of rotatable bonds is 13. The second-order valence-corrected chi connectivity index (χ2v) is 12.3. The molecule has 210 valence electrons. The van der Waals surface area contributed by atoms with E-state index in [2.05, 4.69) is 119 Å². The summed E-state index contributed by atoms with van der Waals surface area (Å²) in [6, 6.07) is 41.8. The Bertz CT molecular complexity index is 1420. The number of hydrogen-bond acceptors (Lipinski definition) is 4. The highest BCUT2D eigenvalue weighted by atomic mass is 32.2. The molecule has 0 amide bonds. The van der Waals surface area contributed by atoms with E-state index in [-0.39, 0.29) is 0 Å². The van der Waals surface area contributed by atoms with Gasteiger partial charge in [0.15, 0.2) is 10.3 Å². The first kappa shape index (κ1) is 28.1. The van der Waals surface area contributed by atoms with Crippen LogP contribution in [-0.2, 0) is 0 Å². The Morgan fingerprint density at radius 2 is 0.738 bits per heavy atom. The Morgan fingerprint density at radius 3 is 1.10 bits per heavy atom. The van der Waals surface area contributed by atoms with Crippen LogP contribution in [-0.4, -0.2) is 31.4 Å². The summed E-state index contributed by atoms with van der Waals surface area (Å²) >= 11 is 3.64. The molecule has 2 heterocycles. The average molecular weight is 587 g/mol. The van der Waals surface area contributed by atoms with Crippen LogP contribution in [0.15, 0.2) is 132 Å². The minimum absolute atomic E-state index is 0.990. The standard InChI is InChI=1S/C36H34N4S2/c1(15-25-41-35-37-31(27-17-7-3-8-18-27)32(38-35)28-19-9-4-10-20-28)2-16-26-42-36-39-33(29-21-11-5-12-22-29)34(40-36)30-23-13-6-14-24-30/h3-14,17-24H,1-2,15-16,25-26H2,(H,37,38)(H,39,40). The molecule has 0 aliphatic heterocycles. The number of nitrogens with one attached hydrogen (secondary N) is 2. The fourth-order valence-electron chi connectivity index (χ4n) is 4.97. The summed E-state index contributed by atoms with van der Waals surface area (Å²) in [5.41, 5.74) is 8.82. The van der Waals surface area contributed by atoms with Gasteiger partial charge in [-0.1, -0.05) is 158 Å². The lowest BCUT2D eigenvalue weighted by molar-refractivity contribution is 0.710. The van der Waals surface area contributed by atoms with Gasteiger partial charge >= 0.3 is 0 Å². The van der Waals surface area contributed by atoms with Gasteiger partial charge in [0, 0.05) is 33.8 Å². The molecule has 6 aromatic rings. The van der Waals surface area contributed by atoms with E-state index in [1.807, 2.05) is 35.7 Å². The molecule has 4 nitrogen and oxygen atoms in total.